The Morgan fingerprint density at radius 3 is 1.56 bits per heavy atom. The van der Waals surface area contributed by atoms with Gasteiger partial charge in [-0.2, -0.15) is 0 Å². The number of benzene rings is 12. The first kappa shape index (κ1) is 63.3. The Bertz CT molecular complexity index is 5500. The highest BCUT2D eigenvalue weighted by Crippen LogP contribution is 2.59. The average molecular weight is 1320 g/mol. The molecule has 0 saturated heterocycles. The van der Waals surface area contributed by atoms with Gasteiger partial charge in [-0.25, -0.2) is 0 Å². The molecular weight excluding hydrogens is 1230 g/mol. The molecule has 2 aliphatic heterocycles. The summed E-state index contributed by atoms with van der Waals surface area (Å²) in [6.45, 7) is 33.0. The Balaban J connectivity index is 0.970. The van der Waals surface area contributed by atoms with Crippen molar-refractivity contribution in [3.8, 4) is 55.8 Å². The lowest BCUT2D eigenvalue weighted by Gasteiger charge is -2.47. The number of hydrogen-bond acceptors (Lipinski definition) is 5. The van der Waals surface area contributed by atoms with Crippen LogP contribution < -0.4 is 25.5 Å². The molecule has 0 N–H and O–H groups in total. The zero-order chi connectivity index (χ0) is 69.1. The molecule has 0 spiro atoms. The summed E-state index contributed by atoms with van der Waals surface area (Å²) in [6, 6.07) is 97.3. The van der Waals surface area contributed by atoms with Crippen LogP contribution in [-0.2, 0) is 33.6 Å². The molecule has 0 atom stereocenters. The molecule has 492 valence electrons. The largest absolute Gasteiger partial charge is 0.455 e. The van der Waals surface area contributed by atoms with Crippen molar-refractivity contribution in [2.45, 2.75) is 131 Å². The van der Waals surface area contributed by atoms with Crippen LogP contribution in [0.25, 0.3) is 87.0 Å². The summed E-state index contributed by atoms with van der Waals surface area (Å²) in [4.78, 5) is 7.89. The first-order valence-electron chi connectivity index (χ1n) is 35.8. The Labute approximate surface area is 595 Å². The number of furan rings is 1. The Morgan fingerprint density at radius 1 is 0.410 bits per heavy atom. The van der Waals surface area contributed by atoms with E-state index in [1.54, 1.807) is 0 Å². The highest BCUT2D eigenvalue weighted by atomic mass is 32.1. The molecule has 17 rings (SSSR count). The average Bonchev–Trinajstić information content (AvgIpc) is 1.32. The summed E-state index contributed by atoms with van der Waals surface area (Å²) in [6.07, 6.45) is 0. The molecule has 0 fully saturated rings. The van der Waals surface area contributed by atoms with Gasteiger partial charge < -0.3 is 19.0 Å². The quantitative estimate of drug-likeness (QED) is 0.134. The predicted molar refractivity (Wildman–Crippen MR) is 430 cm³/mol. The molecule has 0 unspecified atom stereocenters. The Kier molecular flexibility index (Phi) is 14.5. The van der Waals surface area contributed by atoms with E-state index in [1.165, 1.54) is 120 Å². The smallest absolute Gasteiger partial charge is 0.333 e. The van der Waals surface area contributed by atoms with Crippen LogP contribution in [0.2, 0.25) is 0 Å². The summed E-state index contributed by atoms with van der Waals surface area (Å²) in [5.41, 5.74) is 31.2. The minimum Gasteiger partial charge on any atom is -0.455 e. The van der Waals surface area contributed by atoms with Crippen LogP contribution in [-0.4, -0.2) is 6.85 Å². The van der Waals surface area contributed by atoms with E-state index in [0.29, 0.717) is 6.54 Å². The van der Waals surface area contributed by atoms with Gasteiger partial charge in [0.1, 0.15) is 11.3 Å². The second-order valence-electron chi connectivity index (χ2n) is 32.9. The van der Waals surface area contributed by atoms with E-state index in [4.69, 9.17) is 4.42 Å². The van der Waals surface area contributed by atoms with Gasteiger partial charge in [-0.1, -0.05) is 273 Å². The molecule has 6 heteroatoms. The van der Waals surface area contributed by atoms with Gasteiger partial charge >= 0.3 is 6.85 Å². The molecule has 0 bridgehead atoms. The minimum absolute atomic E-state index is 0.0252. The van der Waals surface area contributed by atoms with Crippen LogP contribution in [0.3, 0.4) is 0 Å². The van der Waals surface area contributed by atoms with Crippen LogP contribution in [0.4, 0.5) is 39.8 Å². The fourth-order valence-electron chi connectivity index (χ4n) is 16.5. The topological polar surface area (TPSA) is 22.9 Å². The normalized spacial score (nSPS) is 14.0. The third-order valence-corrected chi connectivity index (χ3v) is 23.1. The summed E-state index contributed by atoms with van der Waals surface area (Å²) >= 11 is 1.91. The van der Waals surface area contributed by atoms with Crippen molar-refractivity contribution in [1.29, 1.82) is 0 Å². The number of rotatable bonds is 9. The molecular formula is C94H86BN3OS. The standard InChI is InChI=1S/C94H86BN3OS/c1-90(2,3)62-36-42-66(43-37-62)97(67-44-38-63(39-45-67)91(4,5)6)69-48-49-71-73-52-75-79(56-84(73)100-83(71)51-69)98(68-46-40-64(41-47-68)92(7,8)9)95-78-55-82-76(85(59-28-20-16-21-29-59)89(99-82)60-30-22-17-23-31-60)54-80(78)96(57-61-34-35-65(93(10,11)12)50-72(61)58-26-18-15-19-27-58)81-53-74-70-32-24-25-33-77(70)94(13,14)87(74)86(75)88(81)95/h15-56H,57H2,1-14H3. The summed E-state index contributed by atoms with van der Waals surface area (Å²) in [5.74, 6) is 0.870. The van der Waals surface area contributed by atoms with E-state index < -0.39 is 0 Å². The molecule has 4 heterocycles. The van der Waals surface area contributed by atoms with Crippen molar-refractivity contribution < 1.29 is 4.42 Å². The highest BCUT2D eigenvalue weighted by molar-refractivity contribution is 7.26. The molecule has 3 aliphatic rings. The van der Waals surface area contributed by atoms with Crippen molar-refractivity contribution in [2.75, 3.05) is 14.6 Å². The monoisotopic (exact) mass is 1320 g/mol. The van der Waals surface area contributed by atoms with Crippen LogP contribution >= 0.6 is 11.3 Å². The van der Waals surface area contributed by atoms with Crippen LogP contribution in [0.1, 0.15) is 136 Å². The molecule has 100 heavy (non-hydrogen) atoms. The second-order valence-corrected chi connectivity index (χ2v) is 34.0. The van der Waals surface area contributed by atoms with E-state index in [1.807, 2.05) is 11.3 Å². The van der Waals surface area contributed by atoms with Crippen LogP contribution in [0, 0.1) is 0 Å². The first-order valence-corrected chi connectivity index (χ1v) is 36.6. The Morgan fingerprint density at radius 2 is 0.950 bits per heavy atom. The molecule has 1 aliphatic carbocycles. The Hall–Kier alpha value is -10.1. The van der Waals surface area contributed by atoms with Gasteiger partial charge in [0.25, 0.3) is 0 Å². The van der Waals surface area contributed by atoms with E-state index in [-0.39, 0.29) is 33.9 Å². The van der Waals surface area contributed by atoms with Crippen molar-refractivity contribution in [3.05, 3.63) is 294 Å². The van der Waals surface area contributed by atoms with Gasteiger partial charge in [0.15, 0.2) is 0 Å². The van der Waals surface area contributed by atoms with Gasteiger partial charge in [0.2, 0.25) is 0 Å². The molecule has 12 aromatic carbocycles. The van der Waals surface area contributed by atoms with E-state index in [0.717, 1.165) is 56.2 Å². The van der Waals surface area contributed by atoms with Gasteiger partial charge in [-0.15, -0.1) is 11.3 Å². The molecule has 4 nitrogen and oxygen atoms in total. The lowest BCUT2D eigenvalue weighted by molar-refractivity contribution is 0.590. The van der Waals surface area contributed by atoms with Crippen molar-refractivity contribution in [2.24, 2.45) is 0 Å². The number of thiophene rings is 1. The predicted octanol–water partition coefficient (Wildman–Crippen LogP) is 25.3. The molecule has 14 aromatic rings. The fourth-order valence-corrected chi connectivity index (χ4v) is 17.7. The molecule has 0 amide bonds. The minimum atomic E-state index is -0.358. The van der Waals surface area contributed by atoms with E-state index in [9.17, 15) is 0 Å². The number of anilines is 7. The van der Waals surface area contributed by atoms with Gasteiger partial charge in [0, 0.05) is 94.0 Å². The maximum absolute atomic E-state index is 7.50. The lowest BCUT2D eigenvalue weighted by Crippen LogP contribution is -2.62. The number of fused-ring (bicyclic) bond motifs is 12. The van der Waals surface area contributed by atoms with Crippen LogP contribution in [0.15, 0.2) is 259 Å². The molecule has 0 saturated carbocycles. The summed E-state index contributed by atoms with van der Waals surface area (Å²) < 4.78 is 10.00. The molecule has 0 radical (unpaired) electrons. The van der Waals surface area contributed by atoms with E-state index >= 15 is 0 Å². The van der Waals surface area contributed by atoms with Gasteiger partial charge in [0.05, 0.1) is 0 Å². The second kappa shape index (κ2) is 23.0. The summed E-state index contributed by atoms with van der Waals surface area (Å²) in [7, 11) is 0. The van der Waals surface area contributed by atoms with Crippen molar-refractivity contribution in [3.63, 3.8) is 0 Å². The van der Waals surface area contributed by atoms with Gasteiger partial charge in [-0.3, -0.25) is 0 Å². The highest BCUT2D eigenvalue weighted by Gasteiger charge is 2.50. The van der Waals surface area contributed by atoms with E-state index in [2.05, 4.69) is 366 Å². The lowest BCUT2D eigenvalue weighted by atomic mass is 9.42. The fraction of sp³-hybridized carbons (Fsp3) is 0.213. The zero-order valence-corrected chi connectivity index (χ0v) is 61.0. The maximum atomic E-state index is 7.50. The third-order valence-electron chi connectivity index (χ3n) is 21.9. The zero-order valence-electron chi connectivity index (χ0n) is 60.2. The van der Waals surface area contributed by atoms with Crippen molar-refractivity contribution >= 4 is 100 Å². The summed E-state index contributed by atoms with van der Waals surface area (Å²) in [5, 5.41) is 3.61. The number of hydrogen-bond donors (Lipinski definition) is 0. The SMILES string of the molecule is CC(C)(C)c1ccc(N2B3c4cc5oc(-c6ccccc6)c(-c6ccccc6)c5cc4N(Cc4ccc(C(C)(C)C)cc4-c4ccccc4)c4cc5c(c(c43)-c3cc4c(cc32)sc2cc(N(c3ccc(C(C)(C)C)cc3)c3ccc(C(C)(C)C)cc3)ccc24)C(C)(C)c2ccccc2-5)cc1. The number of nitrogens with zero attached hydrogens (tertiary/aromatic N) is 3. The van der Waals surface area contributed by atoms with Crippen molar-refractivity contribution in [1.82, 2.24) is 0 Å². The van der Waals surface area contributed by atoms with Gasteiger partial charge in [-0.05, 0) is 184 Å². The maximum Gasteiger partial charge on any atom is 0.333 e. The third kappa shape index (κ3) is 10.4. The van der Waals surface area contributed by atoms with Crippen LogP contribution in [0.5, 0.6) is 0 Å². The first-order chi connectivity index (χ1) is 47.9. The molecule has 2 aromatic heterocycles.